The number of hydrogen-bond acceptors (Lipinski definition) is 8. The van der Waals surface area contributed by atoms with Gasteiger partial charge < -0.3 is 20.9 Å². The molecule has 3 aromatic heterocycles. The summed E-state index contributed by atoms with van der Waals surface area (Å²) < 4.78 is 0.940. The quantitative estimate of drug-likeness (QED) is 0.438. The van der Waals surface area contributed by atoms with Crippen molar-refractivity contribution < 1.29 is 14.4 Å². The van der Waals surface area contributed by atoms with Crippen LogP contribution in [0.4, 0.5) is 5.82 Å². The molecule has 3 aromatic rings. The maximum Gasteiger partial charge on any atom is 0.261 e. The van der Waals surface area contributed by atoms with E-state index in [0.29, 0.717) is 33.6 Å². The van der Waals surface area contributed by atoms with Crippen LogP contribution in [0.15, 0.2) is 24.5 Å². The topological polar surface area (TPSA) is 116 Å². The van der Waals surface area contributed by atoms with E-state index >= 15 is 0 Å². The van der Waals surface area contributed by atoms with E-state index in [1.54, 1.807) is 25.5 Å². The maximum absolute atomic E-state index is 12.4. The molecule has 0 saturated carbocycles. The second kappa shape index (κ2) is 10.9. The summed E-state index contributed by atoms with van der Waals surface area (Å²) in [5, 5.41) is 8.39. The van der Waals surface area contributed by atoms with E-state index < -0.39 is 0 Å². The van der Waals surface area contributed by atoms with Crippen molar-refractivity contribution in [3.63, 3.8) is 0 Å². The standard InChI is InChI=1S/C23H28N6O3S2/c1-3-25-22(31)16-4-5-17(33-16)23(32)26-9-6-14-7-10-29(11-8-14)20-19-15(27-13-28-20)12-18(34-19)21(30)24-2/h4-5,12-14H,3,6-11H2,1-2H3,(H,24,30)(H,25,31)(H,26,32). The number of thiophene rings is 2. The van der Waals surface area contributed by atoms with Crippen LogP contribution >= 0.6 is 22.7 Å². The van der Waals surface area contributed by atoms with Gasteiger partial charge in [0.2, 0.25) is 0 Å². The first-order chi connectivity index (χ1) is 16.5. The Morgan fingerprint density at radius 2 is 1.71 bits per heavy atom. The highest BCUT2D eigenvalue weighted by Gasteiger charge is 2.23. The van der Waals surface area contributed by atoms with Crippen molar-refractivity contribution in [3.8, 4) is 0 Å². The third-order valence-corrected chi connectivity index (χ3v) is 8.09. The van der Waals surface area contributed by atoms with E-state index in [9.17, 15) is 14.4 Å². The Morgan fingerprint density at radius 3 is 2.38 bits per heavy atom. The molecule has 3 N–H and O–H groups in total. The predicted octanol–water partition coefficient (Wildman–Crippen LogP) is 2.90. The van der Waals surface area contributed by atoms with Crippen LogP contribution in [0.2, 0.25) is 0 Å². The van der Waals surface area contributed by atoms with Crippen LogP contribution < -0.4 is 20.9 Å². The Kier molecular flexibility index (Phi) is 7.73. The zero-order chi connectivity index (χ0) is 24.1. The highest BCUT2D eigenvalue weighted by atomic mass is 32.1. The number of aromatic nitrogens is 2. The number of rotatable bonds is 8. The maximum atomic E-state index is 12.4. The third-order valence-electron chi connectivity index (χ3n) is 5.89. The summed E-state index contributed by atoms with van der Waals surface area (Å²) in [6.07, 6.45) is 4.49. The molecule has 3 amide bonds. The van der Waals surface area contributed by atoms with Crippen molar-refractivity contribution in [1.29, 1.82) is 0 Å². The minimum atomic E-state index is -0.147. The molecular formula is C23H28N6O3S2. The third kappa shape index (κ3) is 5.36. The van der Waals surface area contributed by atoms with Gasteiger partial charge in [0, 0.05) is 33.2 Å². The van der Waals surface area contributed by atoms with Crippen molar-refractivity contribution >= 4 is 56.4 Å². The van der Waals surface area contributed by atoms with E-state index in [1.165, 1.54) is 22.7 Å². The molecule has 11 heteroatoms. The fourth-order valence-electron chi connectivity index (χ4n) is 4.04. The molecule has 0 spiro atoms. The van der Waals surface area contributed by atoms with Gasteiger partial charge in [0.15, 0.2) is 0 Å². The minimum absolute atomic E-state index is 0.113. The number of nitrogens with zero attached hydrogens (tertiary/aromatic N) is 3. The van der Waals surface area contributed by atoms with Crippen molar-refractivity contribution in [2.45, 2.75) is 26.2 Å². The van der Waals surface area contributed by atoms with E-state index in [-0.39, 0.29) is 17.7 Å². The molecule has 0 radical (unpaired) electrons. The average molecular weight is 501 g/mol. The second-order valence-electron chi connectivity index (χ2n) is 8.10. The van der Waals surface area contributed by atoms with Gasteiger partial charge in [-0.15, -0.1) is 22.7 Å². The number of fused-ring (bicyclic) bond motifs is 1. The molecule has 180 valence electrons. The Bertz CT molecular complexity index is 1180. The number of piperidine rings is 1. The van der Waals surface area contributed by atoms with Gasteiger partial charge in [-0.3, -0.25) is 14.4 Å². The fourth-order valence-corrected chi connectivity index (χ4v) is 5.96. The Morgan fingerprint density at radius 1 is 1.00 bits per heavy atom. The first-order valence-corrected chi connectivity index (χ1v) is 13.0. The number of carbonyl (C=O) groups excluding carboxylic acids is 3. The SMILES string of the molecule is CCNC(=O)c1ccc(C(=O)NCCC2CCN(c3ncnc4cc(C(=O)NC)sc34)CC2)s1. The van der Waals surface area contributed by atoms with Gasteiger partial charge in [0.05, 0.1) is 24.8 Å². The van der Waals surface area contributed by atoms with Gasteiger partial charge in [-0.05, 0) is 50.3 Å². The van der Waals surface area contributed by atoms with Crippen molar-refractivity contribution in [2.75, 3.05) is 38.1 Å². The van der Waals surface area contributed by atoms with Gasteiger partial charge >= 0.3 is 0 Å². The van der Waals surface area contributed by atoms with Crippen molar-refractivity contribution in [3.05, 3.63) is 39.2 Å². The molecule has 34 heavy (non-hydrogen) atoms. The monoisotopic (exact) mass is 500 g/mol. The van der Waals surface area contributed by atoms with Crippen LogP contribution in [0.5, 0.6) is 0 Å². The number of amides is 3. The van der Waals surface area contributed by atoms with Gasteiger partial charge in [-0.2, -0.15) is 0 Å². The first-order valence-electron chi connectivity index (χ1n) is 11.4. The number of nitrogens with one attached hydrogen (secondary N) is 3. The fraction of sp³-hybridized carbons (Fsp3) is 0.435. The Labute approximate surface area is 206 Å². The van der Waals surface area contributed by atoms with Gasteiger partial charge in [-0.25, -0.2) is 9.97 Å². The van der Waals surface area contributed by atoms with Crippen molar-refractivity contribution in [1.82, 2.24) is 25.9 Å². The number of hydrogen-bond donors (Lipinski definition) is 3. The molecule has 1 saturated heterocycles. The molecular weight excluding hydrogens is 472 g/mol. The average Bonchev–Trinajstić information content (AvgIpc) is 3.52. The number of carbonyl (C=O) groups is 3. The molecule has 1 aliphatic heterocycles. The lowest BCUT2D eigenvalue weighted by molar-refractivity contribution is 0.0949. The van der Waals surface area contributed by atoms with Gasteiger partial charge in [-0.1, -0.05) is 0 Å². The lowest BCUT2D eigenvalue weighted by atomic mass is 9.93. The summed E-state index contributed by atoms with van der Waals surface area (Å²) in [4.78, 5) is 49.1. The minimum Gasteiger partial charge on any atom is -0.355 e. The molecule has 1 fully saturated rings. The highest BCUT2D eigenvalue weighted by molar-refractivity contribution is 7.21. The van der Waals surface area contributed by atoms with Crippen LogP contribution in [0, 0.1) is 5.92 Å². The van der Waals surface area contributed by atoms with E-state index in [2.05, 4.69) is 30.8 Å². The lowest BCUT2D eigenvalue weighted by Crippen LogP contribution is -2.35. The van der Waals surface area contributed by atoms with Crippen LogP contribution in [0.1, 0.15) is 55.2 Å². The molecule has 4 heterocycles. The largest absolute Gasteiger partial charge is 0.355 e. The van der Waals surface area contributed by atoms with Crippen LogP contribution in [-0.4, -0.2) is 60.9 Å². The molecule has 0 aliphatic carbocycles. The zero-order valence-corrected chi connectivity index (χ0v) is 20.9. The zero-order valence-electron chi connectivity index (χ0n) is 19.2. The van der Waals surface area contributed by atoms with Crippen LogP contribution in [-0.2, 0) is 0 Å². The molecule has 1 aliphatic rings. The number of anilines is 1. The lowest BCUT2D eigenvalue weighted by Gasteiger charge is -2.33. The Balaban J connectivity index is 1.27. The summed E-state index contributed by atoms with van der Waals surface area (Å²) in [5.41, 5.74) is 0.794. The van der Waals surface area contributed by atoms with E-state index in [0.717, 1.165) is 48.4 Å². The molecule has 9 nitrogen and oxygen atoms in total. The molecule has 0 aromatic carbocycles. The van der Waals surface area contributed by atoms with Crippen molar-refractivity contribution in [2.24, 2.45) is 5.92 Å². The summed E-state index contributed by atoms with van der Waals surface area (Å²) in [6.45, 7) is 4.78. The molecule has 0 bridgehead atoms. The molecule has 0 atom stereocenters. The van der Waals surface area contributed by atoms with Gasteiger partial charge in [0.1, 0.15) is 12.1 Å². The summed E-state index contributed by atoms with van der Waals surface area (Å²) in [7, 11) is 1.62. The van der Waals surface area contributed by atoms with E-state index in [1.807, 2.05) is 13.0 Å². The van der Waals surface area contributed by atoms with Crippen LogP contribution in [0.3, 0.4) is 0 Å². The first kappa shape index (κ1) is 24.1. The highest BCUT2D eigenvalue weighted by Crippen LogP contribution is 2.33. The summed E-state index contributed by atoms with van der Waals surface area (Å²) in [6, 6.07) is 5.20. The van der Waals surface area contributed by atoms with Gasteiger partial charge in [0.25, 0.3) is 17.7 Å². The van der Waals surface area contributed by atoms with E-state index in [4.69, 9.17) is 0 Å². The normalized spacial score (nSPS) is 14.2. The summed E-state index contributed by atoms with van der Waals surface area (Å²) in [5.74, 6) is 1.01. The van der Waals surface area contributed by atoms with Crippen LogP contribution in [0.25, 0.3) is 10.2 Å². The summed E-state index contributed by atoms with van der Waals surface area (Å²) >= 11 is 2.63. The second-order valence-corrected chi connectivity index (χ2v) is 10.2. The molecule has 0 unspecified atom stereocenters. The molecule has 4 rings (SSSR count). The predicted molar refractivity (Wildman–Crippen MR) is 135 cm³/mol. The Hall–Kier alpha value is -3.05. The smallest absolute Gasteiger partial charge is 0.261 e.